The Labute approximate surface area is 153 Å². The highest BCUT2D eigenvalue weighted by Crippen LogP contribution is 2.37. The van der Waals surface area contributed by atoms with E-state index in [0.717, 1.165) is 11.6 Å². The predicted molar refractivity (Wildman–Crippen MR) is 90.1 cm³/mol. The average Bonchev–Trinajstić information content (AvgIpc) is 2.95. The summed E-state index contributed by atoms with van der Waals surface area (Å²) >= 11 is 0. The fourth-order valence-corrected chi connectivity index (χ4v) is 2.90. The Balaban J connectivity index is 1.92. The minimum Gasteiger partial charge on any atom is -0.444 e. The zero-order valence-corrected chi connectivity index (χ0v) is 15.0. The zero-order chi connectivity index (χ0) is 20.0. The minimum atomic E-state index is -4.70. The number of amides is 1. The number of carbonyl (C=O) groups is 1. The molecule has 1 aliphatic heterocycles. The third-order valence-electron chi connectivity index (χ3n) is 4.01. The van der Waals surface area contributed by atoms with E-state index in [4.69, 9.17) is 4.74 Å². The Morgan fingerprint density at radius 2 is 1.78 bits per heavy atom. The van der Waals surface area contributed by atoms with Gasteiger partial charge in [-0.3, -0.25) is 4.90 Å². The summed E-state index contributed by atoms with van der Waals surface area (Å²) in [6.07, 6.45) is -4.65. The van der Waals surface area contributed by atoms with Crippen molar-refractivity contribution in [2.24, 2.45) is 0 Å². The van der Waals surface area contributed by atoms with Crippen molar-refractivity contribution < 1.29 is 27.1 Å². The van der Waals surface area contributed by atoms with Crippen LogP contribution < -0.4 is 0 Å². The molecule has 0 saturated heterocycles. The highest BCUT2D eigenvalue weighted by Gasteiger charge is 2.36. The first-order chi connectivity index (χ1) is 12.4. The Hall–Kier alpha value is -2.64. The molecule has 0 unspecified atom stereocenters. The van der Waals surface area contributed by atoms with Gasteiger partial charge in [-0.15, -0.1) is 0 Å². The lowest BCUT2D eigenvalue weighted by Crippen LogP contribution is -2.33. The van der Waals surface area contributed by atoms with Gasteiger partial charge in [-0.05, 0) is 49.6 Å². The van der Waals surface area contributed by atoms with Crippen LogP contribution >= 0.6 is 0 Å². The van der Waals surface area contributed by atoms with E-state index in [0.29, 0.717) is 18.3 Å². The number of carbonyl (C=O) groups excluding carboxylic acids is 1. The van der Waals surface area contributed by atoms with Gasteiger partial charge in [0.25, 0.3) is 0 Å². The first-order valence-electron chi connectivity index (χ1n) is 8.27. The normalized spacial score (nSPS) is 14.3. The zero-order valence-electron chi connectivity index (χ0n) is 15.0. The highest BCUT2D eigenvalue weighted by atomic mass is 19.4. The smallest absolute Gasteiger partial charge is 0.433 e. The van der Waals surface area contributed by atoms with E-state index in [1.165, 1.54) is 17.0 Å². The number of benzene rings is 1. The summed E-state index contributed by atoms with van der Waals surface area (Å²) in [6, 6.07) is 5.47. The molecule has 144 valence electrons. The van der Waals surface area contributed by atoms with Gasteiger partial charge < -0.3 is 4.74 Å². The number of ether oxygens (including phenoxy) is 1. The fraction of sp³-hybridized carbons (Fsp3) is 0.368. The maximum atomic E-state index is 13.5. The van der Waals surface area contributed by atoms with Crippen LogP contribution in [0.1, 0.15) is 37.6 Å². The standard InChI is InChI=1S/C19H18F4N2O2/c1-18(2,3)27-17(26)25-9-12-5-4-11(6-13(12)10-25)15-7-14(20)8-24-16(15)19(21,22)23/h4-8H,9-10H2,1-3H3. The monoisotopic (exact) mass is 382 g/mol. The van der Waals surface area contributed by atoms with Gasteiger partial charge in [-0.1, -0.05) is 12.1 Å². The SMILES string of the molecule is CC(C)(C)OC(=O)N1Cc2ccc(-c3cc(F)cnc3C(F)(F)F)cc2C1. The number of aromatic nitrogens is 1. The van der Waals surface area contributed by atoms with Crippen molar-refractivity contribution in [3.63, 3.8) is 0 Å². The number of halogens is 4. The topological polar surface area (TPSA) is 42.4 Å². The molecule has 1 aromatic heterocycles. The molecule has 8 heteroatoms. The number of nitrogens with zero attached hydrogens (tertiary/aromatic N) is 2. The van der Waals surface area contributed by atoms with Crippen molar-refractivity contribution in [3.8, 4) is 11.1 Å². The summed E-state index contributed by atoms with van der Waals surface area (Å²) < 4.78 is 58.5. The minimum absolute atomic E-state index is 0.194. The molecule has 0 fully saturated rings. The van der Waals surface area contributed by atoms with Crippen LogP contribution in [-0.2, 0) is 24.0 Å². The number of hydrogen-bond acceptors (Lipinski definition) is 3. The van der Waals surface area contributed by atoms with Gasteiger partial charge in [0.1, 0.15) is 11.4 Å². The molecule has 0 atom stereocenters. The lowest BCUT2D eigenvalue weighted by molar-refractivity contribution is -0.140. The van der Waals surface area contributed by atoms with Crippen molar-refractivity contribution in [2.45, 2.75) is 45.6 Å². The Kier molecular flexibility index (Phi) is 4.61. The molecular weight excluding hydrogens is 364 g/mol. The molecule has 1 aromatic carbocycles. The van der Waals surface area contributed by atoms with E-state index >= 15 is 0 Å². The van der Waals surface area contributed by atoms with Crippen molar-refractivity contribution in [1.29, 1.82) is 0 Å². The van der Waals surface area contributed by atoms with Crippen LogP contribution in [-0.4, -0.2) is 21.6 Å². The summed E-state index contributed by atoms with van der Waals surface area (Å²) in [6.45, 7) is 5.77. The fourth-order valence-electron chi connectivity index (χ4n) is 2.90. The molecule has 27 heavy (non-hydrogen) atoms. The average molecular weight is 382 g/mol. The second-order valence-electron chi connectivity index (χ2n) is 7.37. The van der Waals surface area contributed by atoms with Crippen LogP contribution in [0.5, 0.6) is 0 Å². The summed E-state index contributed by atoms with van der Waals surface area (Å²) in [5.41, 5.74) is -0.435. The van der Waals surface area contributed by atoms with E-state index in [2.05, 4.69) is 4.98 Å². The second-order valence-corrected chi connectivity index (χ2v) is 7.37. The van der Waals surface area contributed by atoms with E-state index in [-0.39, 0.29) is 17.7 Å². The van der Waals surface area contributed by atoms with Crippen molar-refractivity contribution in [1.82, 2.24) is 9.88 Å². The van der Waals surface area contributed by atoms with Crippen LogP contribution in [0.25, 0.3) is 11.1 Å². The molecule has 3 rings (SSSR count). The summed E-state index contributed by atoms with van der Waals surface area (Å²) in [4.78, 5) is 16.9. The van der Waals surface area contributed by atoms with E-state index in [9.17, 15) is 22.4 Å². The number of fused-ring (bicyclic) bond motifs is 1. The summed E-state index contributed by atoms with van der Waals surface area (Å²) in [5, 5.41) is 0. The van der Waals surface area contributed by atoms with Gasteiger partial charge in [0, 0.05) is 18.7 Å². The number of pyridine rings is 1. The first kappa shape index (κ1) is 19.1. The Morgan fingerprint density at radius 1 is 1.11 bits per heavy atom. The molecule has 2 heterocycles. The molecule has 0 spiro atoms. The number of hydrogen-bond donors (Lipinski definition) is 0. The van der Waals surface area contributed by atoms with E-state index < -0.39 is 29.4 Å². The van der Waals surface area contributed by atoms with Crippen LogP contribution in [0.15, 0.2) is 30.5 Å². The predicted octanol–water partition coefficient (Wildman–Crippen LogP) is 5.16. The Bertz CT molecular complexity index is 888. The second kappa shape index (κ2) is 6.51. The quantitative estimate of drug-likeness (QED) is 0.640. The van der Waals surface area contributed by atoms with Crippen molar-refractivity contribution in [2.75, 3.05) is 0 Å². The van der Waals surface area contributed by atoms with Gasteiger partial charge >= 0.3 is 12.3 Å². The first-order valence-corrected chi connectivity index (χ1v) is 8.27. The van der Waals surface area contributed by atoms with Crippen molar-refractivity contribution in [3.05, 3.63) is 53.1 Å². The molecule has 0 bridgehead atoms. The number of alkyl halides is 3. The largest absolute Gasteiger partial charge is 0.444 e. The Morgan fingerprint density at radius 3 is 2.41 bits per heavy atom. The summed E-state index contributed by atoms with van der Waals surface area (Å²) in [7, 11) is 0. The molecule has 4 nitrogen and oxygen atoms in total. The molecule has 0 radical (unpaired) electrons. The van der Waals surface area contributed by atoms with E-state index in [1.54, 1.807) is 26.8 Å². The molecule has 0 saturated carbocycles. The van der Waals surface area contributed by atoms with Crippen LogP contribution in [0.2, 0.25) is 0 Å². The number of rotatable bonds is 1. The third-order valence-corrected chi connectivity index (χ3v) is 4.01. The van der Waals surface area contributed by atoms with Crippen LogP contribution in [0.4, 0.5) is 22.4 Å². The van der Waals surface area contributed by atoms with Gasteiger partial charge in [-0.2, -0.15) is 13.2 Å². The lowest BCUT2D eigenvalue weighted by atomic mass is 9.99. The maximum absolute atomic E-state index is 13.5. The highest BCUT2D eigenvalue weighted by molar-refractivity contribution is 5.71. The lowest BCUT2D eigenvalue weighted by Gasteiger charge is -2.24. The molecule has 0 aliphatic carbocycles. The molecule has 2 aromatic rings. The molecular formula is C19H18F4N2O2. The van der Waals surface area contributed by atoms with Gasteiger partial charge in [-0.25, -0.2) is 14.2 Å². The maximum Gasteiger partial charge on any atom is 0.433 e. The van der Waals surface area contributed by atoms with Gasteiger partial charge in [0.05, 0.1) is 6.20 Å². The molecule has 1 aliphatic rings. The summed E-state index contributed by atoms with van der Waals surface area (Å²) in [5.74, 6) is -0.853. The molecule has 1 amide bonds. The van der Waals surface area contributed by atoms with Gasteiger partial charge in [0.2, 0.25) is 0 Å². The van der Waals surface area contributed by atoms with Crippen LogP contribution in [0, 0.1) is 5.82 Å². The van der Waals surface area contributed by atoms with Gasteiger partial charge in [0.15, 0.2) is 5.69 Å². The van der Waals surface area contributed by atoms with Crippen LogP contribution in [0.3, 0.4) is 0 Å². The molecule has 0 N–H and O–H groups in total. The van der Waals surface area contributed by atoms with Crippen molar-refractivity contribution >= 4 is 6.09 Å². The van der Waals surface area contributed by atoms with E-state index in [1.807, 2.05) is 0 Å². The third kappa shape index (κ3) is 4.20.